The molecular weight excluding hydrogens is 292 g/mol. The number of amides is 1. The van der Waals surface area contributed by atoms with E-state index in [0.717, 1.165) is 0 Å². The Labute approximate surface area is 127 Å². The van der Waals surface area contributed by atoms with Crippen molar-refractivity contribution in [1.82, 2.24) is 4.57 Å². The molecule has 0 spiro atoms. The standard InChI is InChI=1S/C15H15ClN2O3/c1-10(21-12-6-3-5-11(16)9-12)14(19)17-13-7-4-8-18(2)15(13)20/h3-10H,1-2H3,(H,17,19)/t10-/m1/s1. The van der Waals surface area contributed by atoms with Gasteiger partial charge in [-0.3, -0.25) is 9.59 Å². The summed E-state index contributed by atoms with van der Waals surface area (Å²) in [7, 11) is 1.61. The number of nitrogens with one attached hydrogen (secondary N) is 1. The van der Waals surface area contributed by atoms with Gasteiger partial charge in [-0.25, -0.2) is 0 Å². The maximum absolute atomic E-state index is 12.0. The monoisotopic (exact) mass is 306 g/mol. The lowest BCUT2D eigenvalue weighted by Crippen LogP contribution is -2.33. The van der Waals surface area contributed by atoms with Crippen LogP contribution in [0.1, 0.15) is 6.92 Å². The van der Waals surface area contributed by atoms with Crippen molar-refractivity contribution in [3.63, 3.8) is 0 Å². The summed E-state index contributed by atoms with van der Waals surface area (Å²) in [6.45, 7) is 1.60. The minimum absolute atomic E-state index is 0.214. The highest BCUT2D eigenvalue weighted by molar-refractivity contribution is 6.30. The molecule has 0 saturated heterocycles. The van der Waals surface area contributed by atoms with Gasteiger partial charge in [-0.2, -0.15) is 0 Å². The van der Waals surface area contributed by atoms with E-state index < -0.39 is 12.0 Å². The van der Waals surface area contributed by atoms with E-state index in [1.54, 1.807) is 56.6 Å². The van der Waals surface area contributed by atoms with Gasteiger partial charge < -0.3 is 14.6 Å². The molecule has 1 atom stereocenters. The van der Waals surface area contributed by atoms with Crippen LogP contribution in [-0.2, 0) is 11.8 Å². The smallest absolute Gasteiger partial charge is 0.274 e. The van der Waals surface area contributed by atoms with Gasteiger partial charge in [0.05, 0.1) is 0 Å². The van der Waals surface area contributed by atoms with E-state index in [0.29, 0.717) is 10.8 Å². The summed E-state index contributed by atoms with van der Waals surface area (Å²) in [5.74, 6) is 0.0874. The van der Waals surface area contributed by atoms with E-state index in [4.69, 9.17) is 16.3 Å². The van der Waals surface area contributed by atoms with Gasteiger partial charge in [0.15, 0.2) is 6.10 Å². The first kappa shape index (κ1) is 15.1. The number of rotatable bonds is 4. The van der Waals surface area contributed by atoms with Crippen molar-refractivity contribution in [3.8, 4) is 5.75 Å². The van der Waals surface area contributed by atoms with Crippen LogP contribution in [0.15, 0.2) is 47.4 Å². The molecule has 0 unspecified atom stereocenters. The first-order chi connectivity index (χ1) is 9.97. The van der Waals surface area contributed by atoms with E-state index in [2.05, 4.69) is 5.32 Å². The third-order valence-corrected chi connectivity index (χ3v) is 3.09. The van der Waals surface area contributed by atoms with E-state index in [1.165, 1.54) is 4.57 Å². The Balaban J connectivity index is 2.06. The third-order valence-electron chi connectivity index (χ3n) is 2.86. The maximum Gasteiger partial charge on any atom is 0.274 e. The number of hydrogen-bond acceptors (Lipinski definition) is 3. The highest BCUT2D eigenvalue weighted by Crippen LogP contribution is 2.18. The Bertz CT molecular complexity index is 712. The zero-order valence-corrected chi connectivity index (χ0v) is 12.4. The van der Waals surface area contributed by atoms with Crippen LogP contribution in [0.2, 0.25) is 5.02 Å². The average Bonchev–Trinajstić information content (AvgIpc) is 2.44. The number of hydrogen-bond donors (Lipinski definition) is 1. The highest BCUT2D eigenvalue weighted by atomic mass is 35.5. The molecule has 0 bridgehead atoms. The molecule has 1 aromatic heterocycles. The molecule has 6 heteroatoms. The number of ether oxygens (including phenoxy) is 1. The largest absolute Gasteiger partial charge is 0.481 e. The molecule has 1 amide bonds. The molecule has 1 heterocycles. The van der Waals surface area contributed by atoms with Crippen LogP contribution in [0.25, 0.3) is 0 Å². The van der Waals surface area contributed by atoms with Gasteiger partial charge in [-0.15, -0.1) is 0 Å². The zero-order chi connectivity index (χ0) is 15.4. The molecule has 0 aliphatic carbocycles. The number of anilines is 1. The van der Waals surface area contributed by atoms with Crippen LogP contribution < -0.4 is 15.6 Å². The summed E-state index contributed by atoms with van der Waals surface area (Å²) < 4.78 is 6.88. The molecule has 21 heavy (non-hydrogen) atoms. The van der Waals surface area contributed by atoms with Crippen molar-refractivity contribution < 1.29 is 9.53 Å². The molecule has 0 aliphatic heterocycles. The Kier molecular flexibility index (Phi) is 4.65. The van der Waals surface area contributed by atoms with Gasteiger partial charge in [0.25, 0.3) is 11.5 Å². The summed E-state index contributed by atoms with van der Waals surface area (Å²) in [6, 6.07) is 10.00. The SMILES string of the molecule is C[C@@H](Oc1cccc(Cl)c1)C(=O)Nc1cccn(C)c1=O. The molecule has 1 N–H and O–H groups in total. The van der Waals surface area contributed by atoms with E-state index >= 15 is 0 Å². The van der Waals surface area contributed by atoms with Crippen molar-refractivity contribution in [3.05, 3.63) is 58.0 Å². The lowest BCUT2D eigenvalue weighted by Gasteiger charge is -2.14. The molecule has 2 aromatic rings. The number of nitrogens with zero attached hydrogens (tertiary/aromatic N) is 1. The van der Waals surface area contributed by atoms with Gasteiger partial charge in [0.2, 0.25) is 0 Å². The van der Waals surface area contributed by atoms with Crippen LogP contribution >= 0.6 is 11.6 Å². The van der Waals surface area contributed by atoms with E-state index in [9.17, 15) is 9.59 Å². The Morgan fingerprint density at radius 3 is 2.81 bits per heavy atom. The Morgan fingerprint density at radius 2 is 2.10 bits per heavy atom. The normalized spacial score (nSPS) is 11.8. The fourth-order valence-corrected chi connectivity index (χ4v) is 1.91. The minimum atomic E-state index is -0.756. The number of aromatic nitrogens is 1. The fraction of sp³-hybridized carbons (Fsp3) is 0.200. The van der Waals surface area contributed by atoms with Gasteiger partial charge >= 0.3 is 0 Å². The minimum Gasteiger partial charge on any atom is -0.481 e. The average molecular weight is 307 g/mol. The number of aryl methyl sites for hydroxylation is 1. The van der Waals surface area contributed by atoms with E-state index in [-0.39, 0.29) is 11.2 Å². The molecule has 110 valence electrons. The summed E-state index contributed by atoms with van der Waals surface area (Å²) in [5.41, 5.74) is -0.0626. The molecule has 5 nitrogen and oxygen atoms in total. The van der Waals surface area contributed by atoms with Gasteiger partial charge in [0, 0.05) is 18.3 Å². The van der Waals surface area contributed by atoms with Crippen molar-refractivity contribution in [2.24, 2.45) is 7.05 Å². The second-order valence-corrected chi connectivity index (χ2v) is 4.98. The lowest BCUT2D eigenvalue weighted by molar-refractivity contribution is -0.122. The molecular formula is C15H15ClN2O3. The van der Waals surface area contributed by atoms with Crippen molar-refractivity contribution >= 4 is 23.2 Å². The third kappa shape index (κ3) is 3.86. The highest BCUT2D eigenvalue weighted by Gasteiger charge is 2.16. The number of pyridine rings is 1. The predicted octanol–water partition coefficient (Wildman–Crippen LogP) is 2.44. The number of carbonyl (C=O) groups is 1. The summed E-state index contributed by atoms with van der Waals surface area (Å²) in [5, 5.41) is 3.08. The summed E-state index contributed by atoms with van der Waals surface area (Å²) in [6.07, 6.45) is 0.859. The van der Waals surface area contributed by atoms with Crippen LogP contribution in [0.5, 0.6) is 5.75 Å². The summed E-state index contributed by atoms with van der Waals surface area (Å²) in [4.78, 5) is 23.9. The maximum atomic E-state index is 12.0. The Morgan fingerprint density at radius 1 is 1.33 bits per heavy atom. The van der Waals surface area contributed by atoms with Gasteiger partial charge in [-0.1, -0.05) is 17.7 Å². The zero-order valence-electron chi connectivity index (χ0n) is 11.7. The summed E-state index contributed by atoms with van der Waals surface area (Å²) >= 11 is 5.85. The Hall–Kier alpha value is -2.27. The molecule has 1 aromatic carbocycles. The molecule has 0 fully saturated rings. The van der Waals surface area contributed by atoms with Crippen LogP contribution in [0.3, 0.4) is 0 Å². The molecule has 0 aliphatic rings. The first-order valence-corrected chi connectivity index (χ1v) is 6.74. The van der Waals surface area contributed by atoms with Gasteiger partial charge in [0.1, 0.15) is 11.4 Å². The van der Waals surface area contributed by atoms with Gasteiger partial charge in [-0.05, 0) is 37.3 Å². The van der Waals surface area contributed by atoms with Crippen molar-refractivity contribution in [2.45, 2.75) is 13.0 Å². The van der Waals surface area contributed by atoms with Crippen molar-refractivity contribution in [2.75, 3.05) is 5.32 Å². The lowest BCUT2D eigenvalue weighted by atomic mass is 10.3. The number of halogens is 1. The predicted molar refractivity (Wildman–Crippen MR) is 81.9 cm³/mol. The molecule has 0 saturated carbocycles. The molecule has 0 radical (unpaired) electrons. The fourth-order valence-electron chi connectivity index (χ4n) is 1.72. The number of benzene rings is 1. The van der Waals surface area contributed by atoms with Crippen LogP contribution in [0.4, 0.5) is 5.69 Å². The quantitative estimate of drug-likeness (QED) is 0.944. The van der Waals surface area contributed by atoms with Crippen LogP contribution in [0, 0.1) is 0 Å². The second-order valence-electron chi connectivity index (χ2n) is 4.54. The van der Waals surface area contributed by atoms with Crippen LogP contribution in [-0.4, -0.2) is 16.6 Å². The van der Waals surface area contributed by atoms with Crippen molar-refractivity contribution in [1.29, 1.82) is 0 Å². The first-order valence-electron chi connectivity index (χ1n) is 6.36. The topological polar surface area (TPSA) is 60.3 Å². The molecule has 2 rings (SSSR count). The number of carbonyl (C=O) groups excluding carboxylic acids is 1. The van der Waals surface area contributed by atoms with E-state index in [1.807, 2.05) is 0 Å². The second kappa shape index (κ2) is 6.45.